The number of carbonyl (C=O) groups excluding carboxylic acids is 1. The van der Waals surface area contributed by atoms with Gasteiger partial charge in [-0.3, -0.25) is 4.90 Å². The van der Waals surface area contributed by atoms with E-state index in [-0.39, 0.29) is 12.1 Å². The number of hydrogen-bond acceptors (Lipinski definition) is 4. The summed E-state index contributed by atoms with van der Waals surface area (Å²) < 4.78 is 11.5. The number of amides is 1. The lowest BCUT2D eigenvalue weighted by Gasteiger charge is -2.28. The van der Waals surface area contributed by atoms with Crippen molar-refractivity contribution in [3.63, 3.8) is 0 Å². The fraction of sp³-hybridized carbons (Fsp3) is 0.385. The van der Waals surface area contributed by atoms with Gasteiger partial charge in [0.2, 0.25) is 0 Å². The van der Waals surface area contributed by atoms with Gasteiger partial charge in [0.1, 0.15) is 11.4 Å². The highest BCUT2D eigenvalue weighted by Gasteiger charge is 2.28. The molecule has 2 aromatic carbocycles. The van der Waals surface area contributed by atoms with Gasteiger partial charge >= 0.3 is 12.1 Å². The first-order chi connectivity index (χ1) is 15.0. The van der Waals surface area contributed by atoms with Crippen LogP contribution < -0.4 is 9.64 Å². The van der Waals surface area contributed by atoms with Gasteiger partial charge in [-0.15, -0.1) is 0 Å². The minimum atomic E-state index is -1.16. The van der Waals surface area contributed by atoms with Gasteiger partial charge < -0.3 is 14.6 Å². The van der Waals surface area contributed by atoms with Gasteiger partial charge in [-0.2, -0.15) is 0 Å². The number of anilines is 1. The fourth-order valence-electron chi connectivity index (χ4n) is 3.55. The molecule has 0 saturated heterocycles. The number of rotatable bonds is 6. The molecule has 0 atom stereocenters. The average Bonchev–Trinajstić information content (AvgIpc) is 3.18. The molecule has 1 heterocycles. The molecule has 1 aliphatic heterocycles. The Morgan fingerprint density at radius 2 is 1.84 bits per heavy atom. The smallest absolute Gasteiger partial charge is 0.415 e. The minimum absolute atomic E-state index is 0.101. The molecule has 32 heavy (non-hydrogen) atoms. The van der Waals surface area contributed by atoms with Crippen molar-refractivity contribution < 1.29 is 24.2 Å². The number of hydrogen-bond donors (Lipinski definition) is 1. The highest BCUT2D eigenvalue weighted by atomic mass is 16.6. The largest absolute Gasteiger partial charge is 0.492 e. The van der Waals surface area contributed by atoms with E-state index in [1.165, 1.54) is 10.5 Å². The Balaban J connectivity index is 2.08. The van der Waals surface area contributed by atoms with Crippen LogP contribution >= 0.6 is 0 Å². The van der Waals surface area contributed by atoms with Gasteiger partial charge in [0, 0.05) is 28.8 Å². The molecular formula is C26H31NO5. The normalized spacial score (nSPS) is 12.8. The molecule has 1 amide bonds. The summed E-state index contributed by atoms with van der Waals surface area (Å²) in [4.78, 5) is 25.8. The Kier molecular flexibility index (Phi) is 6.63. The van der Waals surface area contributed by atoms with Gasteiger partial charge in [0.25, 0.3) is 0 Å². The molecule has 0 radical (unpaired) electrons. The number of benzene rings is 2. The van der Waals surface area contributed by atoms with Gasteiger partial charge in [-0.25, -0.2) is 9.59 Å². The van der Waals surface area contributed by atoms with Crippen LogP contribution in [0.25, 0.3) is 11.1 Å². The second-order valence-corrected chi connectivity index (χ2v) is 9.33. The van der Waals surface area contributed by atoms with E-state index >= 15 is 0 Å². The molecule has 0 bridgehead atoms. The zero-order chi connectivity index (χ0) is 23.6. The molecule has 0 saturated carbocycles. The maximum atomic E-state index is 13.0. The summed E-state index contributed by atoms with van der Waals surface area (Å²) >= 11 is 0. The standard InChI is InChI=1S/C26H31NO5/c1-16(2)18-7-9-19(10-8-18)22-14-21(13-20-11-12-31-23(20)22)27(15-17(3)24(28)29)25(30)32-26(4,5)6/h7-10,13-14,16H,3,11-12,15H2,1-2,4-6H3,(H,28,29). The van der Waals surface area contributed by atoms with Crippen molar-refractivity contribution in [2.75, 3.05) is 18.1 Å². The van der Waals surface area contributed by atoms with Crippen LogP contribution in [0, 0.1) is 0 Å². The van der Waals surface area contributed by atoms with Crippen LogP contribution in [0.3, 0.4) is 0 Å². The third-order valence-corrected chi connectivity index (χ3v) is 5.23. The maximum Gasteiger partial charge on any atom is 0.415 e. The van der Waals surface area contributed by atoms with Crippen LogP contribution in [-0.2, 0) is 16.0 Å². The third-order valence-electron chi connectivity index (χ3n) is 5.23. The van der Waals surface area contributed by atoms with E-state index in [4.69, 9.17) is 9.47 Å². The molecule has 1 aliphatic rings. The first-order valence-corrected chi connectivity index (χ1v) is 10.8. The molecule has 1 N–H and O–H groups in total. The Morgan fingerprint density at radius 1 is 1.19 bits per heavy atom. The van der Waals surface area contributed by atoms with Gasteiger partial charge in [0.15, 0.2) is 0 Å². The first-order valence-electron chi connectivity index (χ1n) is 10.8. The van der Waals surface area contributed by atoms with Crippen molar-refractivity contribution in [3.8, 4) is 16.9 Å². The van der Waals surface area contributed by atoms with E-state index in [1.54, 1.807) is 20.8 Å². The average molecular weight is 438 g/mol. The molecule has 0 fully saturated rings. The van der Waals surface area contributed by atoms with Crippen LogP contribution in [0.1, 0.15) is 51.7 Å². The SMILES string of the molecule is C=C(CN(C(=O)OC(C)(C)C)c1cc2c(c(-c3ccc(C(C)C)cc3)c1)OCC2)C(=O)O. The number of aliphatic carboxylic acids is 1. The zero-order valence-corrected chi connectivity index (χ0v) is 19.4. The maximum absolute atomic E-state index is 13.0. The summed E-state index contributed by atoms with van der Waals surface area (Å²) in [6.07, 6.45) is 0.0855. The number of carboxylic acids is 1. The molecule has 0 aliphatic carbocycles. The molecule has 2 aromatic rings. The summed E-state index contributed by atoms with van der Waals surface area (Å²) in [6, 6.07) is 12.0. The molecular weight excluding hydrogens is 406 g/mol. The second-order valence-electron chi connectivity index (χ2n) is 9.33. The van der Waals surface area contributed by atoms with Crippen molar-refractivity contribution in [1.82, 2.24) is 0 Å². The molecule has 3 rings (SSSR count). The van der Waals surface area contributed by atoms with Crippen LogP contribution in [0.2, 0.25) is 0 Å². The third kappa shape index (κ3) is 5.31. The Morgan fingerprint density at radius 3 is 2.41 bits per heavy atom. The number of carbonyl (C=O) groups is 2. The predicted molar refractivity (Wildman–Crippen MR) is 126 cm³/mol. The molecule has 6 heteroatoms. The topological polar surface area (TPSA) is 76.1 Å². The van der Waals surface area contributed by atoms with Crippen molar-refractivity contribution in [2.24, 2.45) is 0 Å². The summed E-state index contributed by atoms with van der Waals surface area (Å²) in [5, 5.41) is 9.35. The highest BCUT2D eigenvalue weighted by Crippen LogP contribution is 2.41. The lowest BCUT2D eigenvalue weighted by Crippen LogP contribution is -2.38. The van der Waals surface area contributed by atoms with Crippen LogP contribution in [0.4, 0.5) is 10.5 Å². The fourth-order valence-corrected chi connectivity index (χ4v) is 3.55. The molecule has 0 unspecified atom stereocenters. The number of fused-ring (bicyclic) bond motifs is 1. The van der Waals surface area contributed by atoms with E-state index < -0.39 is 17.7 Å². The van der Waals surface area contributed by atoms with Gasteiger partial charge in [-0.1, -0.05) is 44.7 Å². The van der Waals surface area contributed by atoms with Crippen molar-refractivity contribution in [3.05, 3.63) is 59.7 Å². The quantitative estimate of drug-likeness (QED) is 0.579. The Bertz CT molecular complexity index is 1030. The van der Waals surface area contributed by atoms with E-state index in [0.717, 1.165) is 22.4 Å². The van der Waals surface area contributed by atoms with Crippen LogP contribution in [0.5, 0.6) is 5.75 Å². The van der Waals surface area contributed by atoms with Crippen LogP contribution in [0.15, 0.2) is 48.6 Å². The van der Waals surface area contributed by atoms with Crippen LogP contribution in [-0.4, -0.2) is 35.9 Å². The van der Waals surface area contributed by atoms with Gasteiger partial charge in [-0.05, 0) is 49.9 Å². The summed E-state index contributed by atoms with van der Waals surface area (Å²) in [6.45, 7) is 13.6. The zero-order valence-electron chi connectivity index (χ0n) is 19.4. The van der Waals surface area contributed by atoms with Gasteiger partial charge in [0.05, 0.1) is 13.2 Å². The molecule has 0 aromatic heterocycles. The van der Waals surface area contributed by atoms with Crippen molar-refractivity contribution in [1.29, 1.82) is 0 Å². The lowest BCUT2D eigenvalue weighted by atomic mass is 9.96. The van der Waals surface area contributed by atoms with E-state index in [1.807, 2.05) is 24.3 Å². The predicted octanol–water partition coefficient (Wildman–Crippen LogP) is 5.79. The monoisotopic (exact) mass is 437 g/mol. The first kappa shape index (κ1) is 23.4. The van der Waals surface area contributed by atoms with E-state index in [0.29, 0.717) is 24.6 Å². The van der Waals surface area contributed by atoms with Crippen molar-refractivity contribution >= 4 is 17.7 Å². The summed E-state index contributed by atoms with van der Waals surface area (Å²) in [7, 11) is 0. The highest BCUT2D eigenvalue weighted by molar-refractivity contribution is 5.94. The van der Waals surface area contributed by atoms with Crippen molar-refractivity contribution in [2.45, 2.75) is 52.6 Å². The van der Waals surface area contributed by atoms with E-state index in [2.05, 4.69) is 32.6 Å². The number of nitrogens with zero attached hydrogens (tertiary/aromatic N) is 1. The number of ether oxygens (including phenoxy) is 2. The summed E-state index contributed by atoms with van der Waals surface area (Å²) in [5.41, 5.74) is 3.75. The van der Waals surface area contributed by atoms with E-state index in [9.17, 15) is 14.7 Å². The molecule has 6 nitrogen and oxygen atoms in total. The second kappa shape index (κ2) is 9.07. The summed E-state index contributed by atoms with van der Waals surface area (Å²) in [5.74, 6) is 0.0573. The Hall–Kier alpha value is -3.28. The minimum Gasteiger partial charge on any atom is -0.492 e. The molecule has 170 valence electrons. The lowest BCUT2D eigenvalue weighted by molar-refractivity contribution is -0.132. The number of carboxylic acid groups (broad SMARTS) is 1. The Labute approximate surface area is 189 Å². The molecule has 0 spiro atoms.